The number of benzene rings is 2. The van der Waals surface area contributed by atoms with Gasteiger partial charge < -0.3 is 14.8 Å². The highest BCUT2D eigenvalue weighted by atomic mass is 35.5. The number of fused-ring (bicyclic) bond motifs is 1. The molecule has 0 saturated carbocycles. The van der Waals surface area contributed by atoms with Gasteiger partial charge in [-0.05, 0) is 30.2 Å². The van der Waals surface area contributed by atoms with Gasteiger partial charge >= 0.3 is 6.03 Å². The Kier molecular flexibility index (Phi) is 5.04. The van der Waals surface area contributed by atoms with Gasteiger partial charge in [0.15, 0.2) is 5.82 Å². The molecule has 0 bridgehead atoms. The molecule has 0 aliphatic carbocycles. The summed E-state index contributed by atoms with van der Waals surface area (Å²) in [6.07, 6.45) is 1.97. The van der Waals surface area contributed by atoms with Crippen molar-refractivity contribution in [3.8, 4) is 0 Å². The number of carbonyl (C=O) groups is 1. The second-order valence-corrected chi connectivity index (χ2v) is 6.93. The average Bonchev–Trinajstić information content (AvgIpc) is 3.30. The molecule has 0 radical (unpaired) electrons. The smallest absolute Gasteiger partial charge is 0.320 e. The van der Waals surface area contributed by atoms with Gasteiger partial charge in [0.2, 0.25) is 0 Å². The number of nitrogens with zero attached hydrogens (tertiary/aromatic N) is 1. The lowest BCUT2D eigenvalue weighted by atomic mass is 9.91. The van der Waals surface area contributed by atoms with E-state index in [0.29, 0.717) is 23.1 Å². The lowest BCUT2D eigenvalue weighted by molar-refractivity contribution is 0.251. The summed E-state index contributed by atoms with van der Waals surface area (Å²) in [5.74, 6) is 0.883. The standard InChI is InChI=1S/C21H19ClN4O2/c1-13-10-20(26-28-13)25-21(27)24-12-16(14-6-2-4-8-18(14)22)17-11-23-19-9-5-3-7-15(17)19/h2-11,16,23H,12H2,1H3,(H2,24,25,26,27)/t16-/m0/s1. The highest BCUT2D eigenvalue weighted by molar-refractivity contribution is 6.31. The van der Waals surface area contributed by atoms with Crippen molar-refractivity contribution in [2.45, 2.75) is 12.8 Å². The molecule has 4 rings (SSSR count). The van der Waals surface area contributed by atoms with E-state index < -0.39 is 0 Å². The Morgan fingerprint density at radius 3 is 2.75 bits per heavy atom. The maximum Gasteiger partial charge on any atom is 0.320 e. The lowest BCUT2D eigenvalue weighted by Crippen LogP contribution is -2.32. The zero-order valence-corrected chi connectivity index (χ0v) is 16.0. The number of urea groups is 1. The fraction of sp³-hybridized carbons (Fsp3) is 0.143. The van der Waals surface area contributed by atoms with Crippen LogP contribution >= 0.6 is 11.6 Å². The molecule has 1 atom stereocenters. The summed E-state index contributed by atoms with van der Waals surface area (Å²) in [6, 6.07) is 17.0. The molecular formula is C21H19ClN4O2. The number of aromatic amines is 1. The molecule has 0 aliphatic rings. The molecule has 6 nitrogen and oxygen atoms in total. The lowest BCUT2D eigenvalue weighted by Gasteiger charge is -2.19. The van der Waals surface area contributed by atoms with Crippen molar-refractivity contribution in [1.29, 1.82) is 0 Å². The first-order chi connectivity index (χ1) is 13.6. The fourth-order valence-electron chi connectivity index (χ4n) is 3.31. The second kappa shape index (κ2) is 7.78. The minimum atomic E-state index is -0.356. The average molecular weight is 395 g/mol. The monoisotopic (exact) mass is 394 g/mol. The van der Waals surface area contributed by atoms with Crippen LogP contribution in [-0.4, -0.2) is 22.7 Å². The second-order valence-electron chi connectivity index (χ2n) is 6.52. The zero-order valence-electron chi connectivity index (χ0n) is 15.2. The molecule has 0 saturated heterocycles. The Balaban J connectivity index is 1.60. The molecule has 2 aromatic carbocycles. The molecular weight excluding hydrogens is 376 g/mol. The van der Waals surface area contributed by atoms with Crippen LogP contribution in [0.15, 0.2) is 65.3 Å². The van der Waals surface area contributed by atoms with E-state index in [1.54, 1.807) is 13.0 Å². The van der Waals surface area contributed by atoms with Gasteiger partial charge in [-0.2, -0.15) is 0 Å². The van der Waals surface area contributed by atoms with Gasteiger partial charge in [0.05, 0.1) is 0 Å². The van der Waals surface area contributed by atoms with Crippen molar-refractivity contribution in [2.24, 2.45) is 0 Å². The van der Waals surface area contributed by atoms with E-state index >= 15 is 0 Å². The molecule has 28 heavy (non-hydrogen) atoms. The summed E-state index contributed by atoms with van der Waals surface area (Å²) >= 11 is 6.47. The van der Waals surface area contributed by atoms with Crippen molar-refractivity contribution < 1.29 is 9.32 Å². The van der Waals surface area contributed by atoms with Gasteiger partial charge in [0, 0.05) is 40.7 Å². The normalized spacial score (nSPS) is 12.1. The summed E-state index contributed by atoms with van der Waals surface area (Å²) in [6.45, 7) is 2.13. The topological polar surface area (TPSA) is 83.0 Å². The van der Waals surface area contributed by atoms with Crippen LogP contribution in [0.25, 0.3) is 10.9 Å². The third-order valence-electron chi connectivity index (χ3n) is 4.61. The largest absolute Gasteiger partial charge is 0.361 e. The van der Waals surface area contributed by atoms with E-state index in [9.17, 15) is 4.79 Å². The van der Waals surface area contributed by atoms with Crippen LogP contribution in [0.3, 0.4) is 0 Å². The van der Waals surface area contributed by atoms with Gasteiger partial charge in [-0.15, -0.1) is 0 Å². The van der Waals surface area contributed by atoms with Gasteiger partial charge in [0.25, 0.3) is 0 Å². The number of halogens is 1. The van der Waals surface area contributed by atoms with Crippen LogP contribution in [0.4, 0.5) is 10.6 Å². The van der Waals surface area contributed by atoms with E-state index in [0.717, 1.165) is 22.0 Å². The third-order valence-corrected chi connectivity index (χ3v) is 4.96. The maximum absolute atomic E-state index is 12.3. The predicted octanol–water partition coefficient (Wildman–Crippen LogP) is 5.07. The quantitative estimate of drug-likeness (QED) is 0.441. The van der Waals surface area contributed by atoms with Crippen LogP contribution in [0, 0.1) is 6.92 Å². The first kappa shape index (κ1) is 18.1. The Morgan fingerprint density at radius 2 is 1.96 bits per heavy atom. The van der Waals surface area contributed by atoms with Crippen LogP contribution in [0.1, 0.15) is 22.8 Å². The number of H-pyrrole nitrogens is 1. The first-order valence-electron chi connectivity index (χ1n) is 8.90. The maximum atomic E-state index is 12.3. The summed E-state index contributed by atoms with van der Waals surface area (Å²) in [5, 5.41) is 11.1. The van der Waals surface area contributed by atoms with Crippen molar-refractivity contribution in [3.05, 3.63) is 82.7 Å². The summed E-state index contributed by atoms with van der Waals surface area (Å²) in [4.78, 5) is 15.6. The molecule has 0 aliphatic heterocycles. The van der Waals surface area contributed by atoms with E-state index in [4.69, 9.17) is 16.1 Å². The number of hydrogen-bond donors (Lipinski definition) is 3. The van der Waals surface area contributed by atoms with E-state index in [2.05, 4.69) is 26.8 Å². The van der Waals surface area contributed by atoms with Crippen molar-refractivity contribution in [3.63, 3.8) is 0 Å². The molecule has 7 heteroatoms. The highest BCUT2D eigenvalue weighted by Gasteiger charge is 2.21. The Labute approximate surface area is 166 Å². The van der Waals surface area contributed by atoms with E-state index in [1.807, 2.05) is 48.7 Å². The van der Waals surface area contributed by atoms with E-state index in [1.165, 1.54) is 0 Å². The van der Waals surface area contributed by atoms with Gasteiger partial charge in [0.1, 0.15) is 5.76 Å². The number of anilines is 1. The molecule has 2 heterocycles. The Hall–Kier alpha value is -3.25. The molecule has 2 amide bonds. The predicted molar refractivity (Wildman–Crippen MR) is 110 cm³/mol. The minimum absolute atomic E-state index is 0.116. The molecule has 3 N–H and O–H groups in total. The molecule has 0 fully saturated rings. The van der Waals surface area contributed by atoms with Crippen molar-refractivity contribution >= 4 is 34.4 Å². The SMILES string of the molecule is Cc1cc(NC(=O)NC[C@@H](c2ccccc2Cl)c2c[nH]c3ccccc23)no1. The van der Waals surface area contributed by atoms with Crippen LogP contribution < -0.4 is 10.6 Å². The van der Waals surface area contributed by atoms with Gasteiger partial charge in [-0.25, -0.2) is 4.79 Å². The van der Waals surface area contributed by atoms with Crippen molar-refractivity contribution in [1.82, 2.24) is 15.5 Å². The number of amides is 2. The molecule has 0 spiro atoms. The highest BCUT2D eigenvalue weighted by Crippen LogP contribution is 2.34. The summed E-state index contributed by atoms with van der Waals surface area (Å²) < 4.78 is 4.97. The molecule has 142 valence electrons. The van der Waals surface area contributed by atoms with Crippen LogP contribution in [0.5, 0.6) is 0 Å². The van der Waals surface area contributed by atoms with Gasteiger partial charge in [-0.1, -0.05) is 53.2 Å². The molecule has 0 unspecified atom stereocenters. The van der Waals surface area contributed by atoms with Crippen LogP contribution in [-0.2, 0) is 0 Å². The number of aryl methyl sites for hydroxylation is 1. The zero-order chi connectivity index (χ0) is 19.5. The summed E-state index contributed by atoms with van der Waals surface area (Å²) in [5.41, 5.74) is 3.06. The number of rotatable bonds is 5. The molecule has 4 aromatic rings. The Bertz CT molecular complexity index is 1120. The number of para-hydroxylation sites is 1. The minimum Gasteiger partial charge on any atom is -0.361 e. The van der Waals surface area contributed by atoms with E-state index in [-0.39, 0.29) is 11.9 Å². The third kappa shape index (κ3) is 3.73. The summed E-state index contributed by atoms with van der Waals surface area (Å²) in [7, 11) is 0. The number of nitrogens with one attached hydrogen (secondary N) is 3. The number of aromatic nitrogens is 2. The first-order valence-corrected chi connectivity index (χ1v) is 9.28. The van der Waals surface area contributed by atoms with Gasteiger partial charge in [-0.3, -0.25) is 5.32 Å². The Morgan fingerprint density at radius 1 is 1.18 bits per heavy atom. The molecule has 2 aromatic heterocycles. The van der Waals surface area contributed by atoms with Crippen molar-refractivity contribution in [2.75, 3.05) is 11.9 Å². The fourth-order valence-corrected chi connectivity index (χ4v) is 3.58. The number of carbonyl (C=O) groups excluding carboxylic acids is 1. The van der Waals surface area contributed by atoms with Crippen LogP contribution in [0.2, 0.25) is 5.02 Å². The number of hydrogen-bond acceptors (Lipinski definition) is 3.